The van der Waals surface area contributed by atoms with Crippen molar-refractivity contribution in [3.63, 3.8) is 0 Å². The fourth-order valence-corrected chi connectivity index (χ4v) is 1.94. The van der Waals surface area contributed by atoms with E-state index >= 15 is 0 Å². The second kappa shape index (κ2) is 6.85. The Morgan fingerprint density at radius 3 is 3.07 bits per heavy atom. The van der Waals surface area contributed by atoms with E-state index in [-0.39, 0.29) is 6.10 Å². The van der Waals surface area contributed by atoms with Crippen LogP contribution in [0.2, 0.25) is 0 Å². The second-order valence-electron chi connectivity index (χ2n) is 3.49. The van der Waals surface area contributed by atoms with Crippen molar-refractivity contribution in [2.75, 3.05) is 12.0 Å². The Labute approximate surface area is 95.1 Å². The van der Waals surface area contributed by atoms with E-state index in [0.717, 1.165) is 31.0 Å². The summed E-state index contributed by atoms with van der Waals surface area (Å²) in [5, 5.41) is 13.9. The van der Waals surface area contributed by atoms with Gasteiger partial charge in [-0.3, -0.25) is 4.68 Å². The minimum absolute atomic E-state index is 0.286. The van der Waals surface area contributed by atoms with E-state index in [1.165, 1.54) is 0 Å². The van der Waals surface area contributed by atoms with Gasteiger partial charge in [0.25, 0.3) is 0 Å². The monoisotopic (exact) mass is 229 g/mol. The minimum Gasteiger partial charge on any atom is -0.393 e. The summed E-state index contributed by atoms with van der Waals surface area (Å²) < 4.78 is 1.83. The molecule has 0 aromatic carbocycles. The molecule has 4 nitrogen and oxygen atoms in total. The predicted octanol–water partition coefficient (Wildman–Crippen LogP) is 1.34. The van der Waals surface area contributed by atoms with E-state index in [1.54, 1.807) is 6.33 Å². The summed E-state index contributed by atoms with van der Waals surface area (Å²) in [7, 11) is 0. The van der Waals surface area contributed by atoms with E-state index in [9.17, 15) is 5.11 Å². The van der Waals surface area contributed by atoms with Crippen LogP contribution in [0.25, 0.3) is 0 Å². The third kappa shape index (κ3) is 4.22. The lowest BCUT2D eigenvalue weighted by Crippen LogP contribution is -2.15. The molecule has 0 bridgehead atoms. The van der Waals surface area contributed by atoms with Crippen LogP contribution in [-0.2, 0) is 13.0 Å². The maximum atomic E-state index is 9.78. The average Bonchev–Trinajstić information content (AvgIpc) is 2.65. The van der Waals surface area contributed by atoms with Gasteiger partial charge >= 0.3 is 0 Å². The largest absolute Gasteiger partial charge is 0.393 e. The highest BCUT2D eigenvalue weighted by atomic mass is 32.2. The molecule has 0 aliphatic heterocycles. The zero-order valence-corrected chi connectivity index (χ0v) is 10.2. The molecule has 0 radical (unpaired) electrons. The standard InChI is InChI=1S/C10H19N3OS/c1-3-13-10(11-8-12-13)7-9(14)5-4-6-15-2/h8-9,14H,3-7H2,1-2H3. The first-order valence-corrected chi connectivity index (χ1v) is 6.71. The molecule has 1 aromatic heterocycles. The lowest BCUT2D eigenvalue weighted by Gasteiger charge is -2.09. The van der Waals surface area contributed by atoms with Crippen molar-refractivity contribution in [3.05, 3.63) is 12.2 Å². The Morgan fingerprint density at radius 2 is 2.40 bits per heavy atom. The number of hydrogen-bond donors (Lipinski definition) is 1. The Balaban J connectivity index is 2.33. The van der Waals surface area contributed by atoms with Crippen LogP contribution in [0.15, 0.2) is 6.33 Å². The van der Waals surface area contributed by atoms with Crippen molar-refractivity contribution in [3.8, 4) is 0 Å². The van der Waals surface area contributed by atoms with Crippen molar-refractivity contribution in [2.45, 2.75) is 38.8 Å². The van der Waals surface area contributed by atoms with Gasteiger partial charge in [0.05, 0.1) is 6.10 Å². The van der Waals surface area contributed by atoms with E-state index < -0.39 is 0 Å². The smallest absolute Gasteiger partial charge is 0.138 e. The average molecular weight is 229 g/mol. The Hall–Kier alpha value is -0.550. The Morgan fingerprint density at radius 1 is 1.60 bits per heavy atom. The van der Waals surface area contributed by atoms with Crippen molar-refractivity contribution in [2.24, 2.45) is 0 Å². The van der Waals surface area contributed by atoms with Crippen LogP contribution in [0.5, 0.6) is 0 Å². The van der Waals surface area contributed by atoms with E-state index in [4.69, 9.17) is 0 Å². The molecule has 1 unspecified atom stereocenters. The van der Waals surface area contributed by atoms with E-state index in [1.807, 2.05) is 23.4 Å². The topological polar surface area (TPSA) is 50.9 Å². The number of aromatic nitrogens is 3. The van der Waals surface area contributed by atoms with Crippen molar-refractivity contribution in [1.82, 2.24) is 14.8 Å². The number of thioether (sulfide) groups is 1. The zero-order chi connectivity index (χ0) is 11.1. The third-order valence-electron chi connectivity index (χ3n) is 2.30. The van der Waals surface area contributed by atoms with Crippen LogP contribution in [0.3, 0.4) is 0 Å². The quantitative estimate of drug-likeness (QED) is 0.717. The Kier molecular flexibility index (Phi) is 5.71. The van der Waals surface area contributed by atoms with E-state index in [2.05, 4.69) is 16.3 Å². The molecule has 0 aliphatic carbocycles. The maximum Gasteiger partial charge on any atom is 0.138 e. The molecule has 0 fully saturated rings. The van der Waals surface area contributed by atoms with Gasteiger partial charge in [-0.05, 0) is 31.8 Å². The fourth-order valence-electron chi connectivity index (χ4n) is 1.49. The van der Waals surface area contributed by atoms with Gasteiger partial charge in [0.15, 0.2) is 0 Å². The summed E-state index contributed by atoms with van der Waals surface area (Å²) in [5.74, 6) is 1.99. The molecule has 1 rings (SSSR count). The summed E-state index contributed by atoms with van der Waals surface area (Å²) in [6.07, 6.45) is 5.86. The molecule has 0 spiro atoms. The van der Waals surface area contributed by atoms with Crippen LogP contribution < -0.4 is 0 Å². The van der Waals surface area contributed by atoms with Crippen LogP contribution in [-0.4, -0.2) is 38.0 Å². The SMILES string of the molecule is CCn1ncnc1CC(O)CCCSC. The number of rotatable bonds is 7. The van der Waals surface area contributed by atoms with Gasteiger partial charge in [-0.15, -0.1) is 0 Å². The number of nitrogens with zero attached hydrogens (tertiary/aromatic N) is 3. The molecule has 0 saturated heterocycles. The second-order valence-corrected chi connectivity index (χ2v) is 4.47. The number of aliphatic hydroxyl groups excluding tert-OH is 1. The molecular weight excluding hydrogens is 210 g/mol. The van der Waals surface area contributed by atoms with Crippen LogP contribution >= 0.6 is 11.8 Å². The predicted molar refractivity (Wildman–Crippen MR) is 63.0 cm³/mol. The van der Waals surface area contributed by atoms with Gasteiger partial charge in [-0.1, -0.05) is 0 Å². The first kappa shape index (κ1) is 12.5. The van der Waals surface area contributed by atoms with Crippen LogP contribution in [0.1, 0.15) is 25.6 Å². The number of aliphatic hydroxyl groups is 1. The molecule has 1 atom stereocenters. The highest BCUT2D eigenvalue weighted by molar-refractivity contribution is 7.98. The van der Waals surface area contributed by atoms with Gasteiger partial charge in [0, 0.05) is 13.0 Å². The molecular formula is C10H19N3OS. The minimum atomic E-state index is -0.286. The van der Waals surface area contributed by atoms with E-state index in [0.29, 0.717) is 6.42 Å². The highest BCUT2D eigenvalue weighted by Gasteiger charge is 2.09. The maximum absolute atomic E-state index is 9.78. The molecule has 0 aliphatic rings. The fraction of sp³-hybridized carbons (Fsp3) is 0.800. The first-order valence-electron chi connectivity index (χ1n) is 5.31. The lowest BCUT2D eigenvalue weighted by atomic mass is 10.1. The van der Waals surface area contributed by atoms with Gasteiger partial charge < -0.3 is 5.11 Å². The van der Waals surface area contributed by atoms with Crippen LogP contribution in [0.4, 0.5) is 0 Å². The summed E-state index contributed by atoms with van der Waals surface area (Å²) in [4.78, 5) is 4.14. The molecule has 1 heterocycles. The van der Waals surface area contributed by atoms with Crippen molar-refractivity contribution in [1.29, 1.82) is 0 Å². The van der Waals surface area contributed by atoms with Gasteiger partial charge in [-0.2, -0.15) is 16.9 Å². The highest BCUT2D eigenvalue weighted by Crippen LogP contribution is 2.07. The van der Waals surface area contributed by atoms with Crippen LogP contribution in [0, 0.1) is 0 Å². The number of hydrogen-bond acceptors (Lipinski definition) is 4. The third-order valence-corrected chi connectivity index (χ3v) is 3.00. The molecule has 0 amide bonds. The molecule has 86 valence electrons. The molecule has 0 saturated carbocycles. The summed E-state index contributed by atoms with van der Waals surface area (Å²) in [5.41, 5.74) is 0. The normalized spacial score (nSPS) is 13.0. The molecule has 1 aromatic rings. The van der Waals surface area contributed by atoms with Gasteiger partial charge in [0.1, 0.15) is 12.2 Å². The lowest BCUT2D eigenvalue weighted by molar-refractivity contribution is 0.160. The zero-order valence-electron chi connectivity index (χ0n) is 9.39. The molecule has 15 heavy (non-hydrogen) atoms. The summed E-state index contributed by atoms with van der Waals surface area (Å²) in [6.45, 7) is 2.84. The molecule has 1 N–H and O–H groups in total. The summed E-state index contributed by atoms with van der Waals surface area (Å²) >= 11 is 1.81. The summed E-state index contributed by atoms with van der Waals surface area (Å²) in [6, 6.07) is 0. The van der Waals surface area contributed by atoms with Gasteiger partial charge in [0.2, 0.25) is 0 Å². The first-order chi connectivity index (χ1) is 7.27. The molecule has 5 heteroatoms. The number of aryl methyl sites for hydroxylation is 1. The Bertz CT molecular complexity index is 277. The van der Waals surface area contributed by atoms with Crippen molar-refractivity contribution < 1.29 is 5.11 Å². The van der Waals surface area contributed by atoms with Crippen molar-refractivity contribution >= 4 is 11.8 Å². The van der Waals surface area contributed by atoms with Gasteiger partial charge in [-0.25, -0.2) is 4.98 Å².